The zero-order valence-electron chi connectivity index (χ0n) is 11.9. The lowest BCUT2D eigenvalue weighted by molar-refractivity contribution is -0.138. The number of benzene rings is 2. The van der Waals surface area contributed by atoms with Gasteiger partial charge in [0.25, 0.3) is 0 Å². The number of esters is 1. The predicted molar refractivity (Wildman–Crippen MR) is 78.4 cm³/mol. The summed E-state index contributed by atoms with van der Waals surface area (Å²) < 4.78 is 42.6. The quantitative estimate of drug-likeness (QED) is 0.679. The zero-order valence-corrected chi connectivity index (χ0v) is 11.9. The standard InChI is InChI=1S/C17H13F3O3/c18-17(19,20)14-6-3-4-12(10-14)11-23-16(22)9-8-13-5-1-2-7-15(13)21/h1-10,21H,11H2. The summed E-state index contributed by atoms with van der Waals surface area (Å²) >= 11 is 0. The van der Waals surface area contributed by atoms with E-state index in [4.69, 9.17) is 4.74 Å². The molecule has 0 aromatic heterocycles. The highest BCUT2D eigenvalue weighted by molar-refractivity contribution is 5.87. The average Bonchev–Trinajstić information content (AvgIpc) is 2.51. The fourth-order valence-corrected chi connectivity index (χ4v) is 1.83. The fraction of sp³-hybridized carbons (Fsp3) is 0.118. The average molecular weight is 322 g/mol. The molecule has 0 aliphatic rings. The molecule has 3 nitrogen and oxygen atoms in total. The van der Waals surface area contributed by atoms with Gasteiger partial charge in [-0.05, 0) is 29.8 Å². The van der Waals surface area contributed by atoms with Gasteiger partial charge >= 0.3 is 12.1 Å². The number of phenolic OH excluding ortho intramolecular Hbond substituents is 1. The van der Waals surface area contributed by atoms with Crippen molar-refractivity contribution in [2.24, 2.45) is 0 Å². The maximum Gasteiger partial charge on any atom is 0.416 e. The van der Waals surface area contributed by atoms with E-state index in [9.17, 15) is 23.1 Å². The van der Waals surface area contributed by atoms with Gasteiger partial charge in [0.05, 0.1) is 5.56 Å². The van der Waals surface area contributed by atoms with Crippen molar-refractivity contribution in [1.82, 2.24) is 0 Å². The summed E-state index contributed by atoms with van der Waals surface area (Å²) in [5, 5.41) is 9.53. The number of hydrogen-bond donors (Lipinski definition) is 1. The molecule has 6 heteroatoms. The molecule has 2 rings (SSSR count). The van der Waals surface area contributed by atoms with Crippen LogP contribution in [0.2, 0.25) is 0 Å². The largest absolute Gasteiger partial charge is 0.507 e. The molecule has 2 aromatic rings. The van der Waals surface area contributed by atoms with Crippen LogP contribution >= 0.6 is 0 Å². The number of alkyl halides is 3. The second-order valence-electron chi connectivity index (χ2n) is 4.70. The number of halogens is 3. The SMILES string of the molecule is O=C(C=Cc1ccccc1O)OCc1cccc(C(F)(F)F)c1. The van der Waals surface area contributed by atoms with E-state index in [0.29, 0.717) is 5.56 Å². The van der Waals surface area contributed by atoms with E-state index in [2.05, 4.69) is 0 Å². The molecule has 120 valence electrons. The first-order chi connectivity index (χ1) is 10.9. The summed E-state index contributed by atoms with van der Waals surface area (Å²) in [5.41, 5.74) is -0.122. The molecule has 0 aliphatic heterocycles. The maximum absolute atomic E-state index is 12.6. The van der Waals surface area contributed by atoms with Gasteiger partial charge in [0.15, 0.2) is 0 Å². The number of carbonyl (C=O) groups is 1. The Kier molecular flexibility index (Phi) is 5.05. The smallest absolute Gasteiger partial charge is 0.416 e. The molecule has 1 N–H and O–H groups in total. The highest BCUT2D eigenvalue weighted by Crippen LogP contribution is 2.29. The Bertz CT molecular complexity index is 721. The number of para-hydroxylation sites is 1. The van der Waals surface area contributed by atoms with Crippen molar-refractivity contribution in [2.75, 3.05) is 0 Å². The fourth-order valence-electron chi connectivity index (χ4n) is 1.83. The van der Waals surface area contributed by atoms with Gasteiger partial charge in [-0.1, -0.05) is 30.3 Å². The van der Waals surface area contributed by atoms with Crippen LogP contribution in [0.15, 0.2) is 54.6 Å². The monoisotopic (exact) mass is 322 g/mol. The van der Waals surface area contributed by atoms with Crippen LogP contribution in [-0.2, 0) is 22.3 Å². The van der Waals surface area contributed by atoms with Crippen LogP contribution in [0.5, 0.6) is 5.75 Å². The molecule has 0 amide bonds. The van der Waals surface area contributed by atoms with Crippen molar-refractivity contribution in [3.05, 3.63) is 71.3 Å². The van der Waals surface area contributed by atoms with Gasteiger partial charge in [0, 0.05) is 11.6 Å². The van der Waals surface area contributed by atoms with E-state index >= 15 is 0 Å². The topological polar surface area (TPSA) is 46.5 Å². The zero-order chi connectivity index (χ0) is 16.9. The molecule has 0 atom stereocenters. The first-order valence-electron chi connectivity index (χ1n) is 6.65. The third-order valence-electron chi connectivity index (χ3n) is 2.97. The predicted octanol–water partition coefficient (Wildman–Crippen LogP) is 4.17. The molecule has 0 heterocycles. The summed E-state index contributed by atoms with van der Waals surface area (Å²) in [5.74, 6) is -0.708. The Balaban J connectivity index is 1.96. The highest BCUT2D eigenvalue weighted by Gasteiger charge is 2.30. The Labute approximate surface area is 130 Å². The molecular formula is C17H13F3O3. The second kappa shape index (κ2) is 7.00. The van der Waals surface area contributed by atoms with Gasteiger partial charge in [-0.15, -0.1) is 0 Å². The van der Waals surface area contributed by atoms with Gasteiger partial charge < -0.3 is 9.84 Å². The minimum atomic E-state index is -4.44. The van der Waals surface area contributed by atoms with E-state index in [-0.39, 0.29) is 17.9 Å². The molecule has 0 saturated carbocycles. The Morgan fingerprint density at radius 3 is 2.57 bits per heavy atom. The second-order valence-corrected chi connectivity index (χ2v) is 4.70. The Morgan fingerprint density at radius 2 is 1.87 bits per heavy atom. The minimum absolute atomic E-state index is 0.00873. The molecule has 0 radical (unpaired) electrons. The molecule has 0 bridgehead atoms. The van der Waals surface area contributed by atoms with Crippen LogP contribution in [0, 0.1) is 0 Å². The number of aromatic hydroxyl groups is 1. The third kappa shape index (κ3) is 4.88. The molecular weight excluding hydrogens is 309 g/mol. The first-order valence-corrected chi connectivity index (χ1v) is 6.65. The first kappa shape index (κ1) is 16.6. The lowest BCUT2D eigenvalue weighted by Crippen LogP contribution is -2.06. The summed E-state index contributed by atoms with van der Waals surface area (Å²) in [6.45, 7) is -0.270. The van der Waals surface area contributed by atoms with Crippen molar-refractivity contribution in [3.8, 4) is 5.75 Å². The normalized spacial score (nSPS) is 11.6. The molecule has 23 heavy (non-hydrogen) atoms. The maximum atomic E-state index is 12.6. The van der Waals surface area contributed by atoms with E-state index in [0.717, 1.165) is 18.2 Å². The van der Waals surface area contributed by atoms with Crippen LogP contribution in [0.3, 0.4) is 0 Å². The van der Waals surface area contributed by atoms with Crippen molar-refractivity contribution >= 4 is 12.0 Å². The van der Waals surface area contributed by atoms with Crippen molar-refractivity contribution < 1.29 is 27.8 Å². The van der Waals surface area contributed by atoms with E-state index in [1.54, 1.807) is 18.2 Å². The molecule has 0 saturated heterocycles. The van der Waals surface area contributed by atoms with E-state index in [1.165, 1.54) is 24.3 Å². The number of rotatable bonds is 4. The number of carbonyl (C=O) groups excluding carboxylic acids is 1. The van der Waals surface area contributed by atoms with Gasteiger partial charge in [-0.25, -0.2) is 4.79 Å². The van der Waals surface area contributed by atoms with Crippen LogP contribution in [-0.4, -0.2) is 11.1 Å². The third-order valence-corrected chi connectivity index (χ3v) is 2.97. The van der Waals surface area contributed by atoms with Gasteiger partial charge in [0.1, 0.15) is 12.4 Å². The number of ether oxygens (including phenoxy) is 1. The molecule has 0 fully saturated rings. The van der Waals surface area contributed by atoms with Gasteiger partial charge in [-0.3, -0.25) is 0 Å². The molecule has 0 aliphatic carbocycles. The lowest BCUT2D eigenvalue weighted by Gasteiger charge is -2.08. The highest BCUT2D eigenvalue weighted by atomic mass is 19.4. The summed E-state index contributed by atoms with van der Waals surface area (Å²) in [6.07, 6.45) is -1.97. The molecule has 2 aromatic carbocycles. The van der Waals surface area contributed by atoms with E-state index in [1.807, 2.05) is 0 Å². The van der Waals surface area contributed by atoms with Gasteiger partial charge in [0.2, 0.25) is 0 Å². The number of hydrogen-bond acceptors (Lipinski definition) is 3. The van der Waals surface area contributed by atoms with Gasteiger partial charge in [-0.2, -0.15) is 13.2 Å². The van der Waals surface area contributed by atoms with Crippen LogP contribution in [0.1, 0.15) is 16.7 Å². The van der Waals surface area contributed by atoms with Crippen molar-refractivity contribution in [2.45, 2.75) is 12.8 Å². The van der Waals surface area contributed by atoms with Crippen LogP contribution < -0.4 is 0 Å². The minimum Gasteiger partial charge on any atom is -0.507 e. The van der Waals surface area contributed by atoms with Crippen molar-refractivity contribution in [3.63, 3.8) is 0 Å². The van der Waals surface area contributed by atoms with Crippen LogP contribution in [0.4, 0.5) is 13.2 Å². The molecule has 0 spiro atoms. The van der Waals surface area contributed by atoms with Crippen LogP contribution in [0.25, 0.3) is 6.08 Å². The Morgan fingerprint density at radius 1 is 1.13 bits per heavy atom. The molecule has 0 unspecified atom stereocenters. The Hall–Kier alpha value is -2.76. The van der Waals surface area contributed by atoms with E-state index < -0.39 is 17.7 Å². The lowest BCUT2D eigenvalue weighted by atomic mass is 10.1. The summed E-state index contributed by atoms with van der Waals surface area (Å²) in [7, 11) is 0. The summed E-state index contributed by atoms with van der Waals surface area (Å²) in [6, 6.07) is 11.0. The number of phenols is 1. The summed E-state index contributed by atoms with van der Waals surface area (Å²) in [4.78, 5) is 11.6. The van der Waals surface area contributed by atoms with Crippen molar-refractivity contribution in [1.29, 1.82) is 0 Å².